The van der Waals surface area contributed by atoms with Crippen LogP contribution in [0.5, 0.6) is 0 Å². The Morgan fingerprint density at radius 2 is 2.36 bits per heavy atom. The van der Waals surface area contributed by atoms with E-state index in [0.717, 1.165) is 17.1 Å². The molecule has 1 aliphatic heterocycles. The molecule has 14 heavy (non-hydrogen) atoms. The first-order valence-electron chi connectivity index (χ1n) is 4.49. The Labute approximate surface area is 84.3 Å². The van der Waals surface area contributed by atoms with Crippen LogP contribution in [0.2, 0.25) is 0 Å². The maximum Gasteiger partial charge on any atom is 0.217 e. The number of sulfonamides is 1. The van der Waals surface area contributed by atoms with Crippen molar-refractivity contribution < 1.29 is 13.2 Å². The van der Waals surface area contributed by atoms with Crippen LogP contribution in [-0.4, -0.2) is 44.8 Å². The largest absolute Gasteiger partial charge is 0.377 e. The summed E-state index contributed by atoms with van der Waals surface area (Å²) in [6, 6.07) is 1.80. The lowest BCUT2D eigenvalue weighted by Crippen LogP contribution is -2.34. The Kier molecular flexibility index (Phi) is 3.86. The standard InChI is InChI=1S/C8H14N2O3S/c1-10(5-4-9)14(11,12)7-8-3-2-6-13-8/h8H,2-3,5-7H2,1H3. The predicted octanol–water partition coefficient (Wildman–Crippen LogP) is -0.0494. The van der Waals surface area contributed by atoms with Gasteiger partial charge >= 0.3 is 0 Å². The Hall–Kier alpha value is -0.640. The highest BCUT2D eigenvalue weighted by Crippen LogP contribution is 2.15. The van der Waals surface area contributed by atoms with E-state index in [0.29, 0.717) is 6.61 Å². The molecule has 0 aromatic heterocycles. The van der Waals surface area contributed by atoms with E-state index in [1.165, 1.54) is 7.05 Å². The third-order valence-electron chi connectivity index (χ3n) is 2.19. The summed E-state index contributed by atoms with van der Waals surface area (Å²) in [6.45, 7) is 0.539. The molecular formula is C8H14N2O3S. The minimum absolute atomic E-state index is 0.00875. The van der Waals surface area contributed by atoms with Crippen molar-refractivity contribution in [1.82, 2.24) is 4.31 Å². The average molecular weight is 218 g/mol. The highest BCUT2D eigenvalue weighted by atomic mass is 32.2. The molecule has 5 nitrogen and oxygen atoms in total. The van der Waals surface area contributed by atoms with Gasteiger partial charge in [-0.25, -0.2) is 8.42 Å². The van der Waals surface area contributed by atoms with Crippen molar-refractivity contribution in [3.8, 4) is 6.07 Å². The smallest absolute Gasteiger partial charge is 0.217 e. The van der Waals surface area contributed by atoms with E-state index in [1.807, 2.05) is 0 Å². The maximum atomic E-state index is 11.6. The van der Waals surface area contributed by atoms with Gasteiger partial charge in [0.15, 0.2) is 0 Å². The lowest BCUT2D eigenvalue weighted by molar-refractivity contribution is 0.126. The first kappa shape index (κ1) is 11.4. The molecule has 0 spiro atoms. The minimum Gasteiger partial charge on any atom is -0.377 e. The lowest BCUT2D eigenvalue weighted by Gasteiger charge is -2.16. The summed E-state index contributed by atoms with van der Waals surface area (Å²) in [7, 11) is -1.91. The first-order valence-corrected chi connectivity index (χ1v) is 6.10. The molecule has 0 aromatic carbocycles. The molecule has 1 aliphatic rings. The van der Waals surface area contributed by atoms with Crippen molar-refractivity contribution in [2.45, 2.75) is 18.9 Å². The van der Waals surface area contributed by atoms with Crippen molar-refractivity contribution in [1.29, 1.82) is 5.26 Å². The second kappa shape index (κ2) is 4.73. The third kappa shape index (κ3) is 2.94. The van der Waals surface area contributed by atoms with E-state index < -0.39 is 10.0 Å². The third-order valence-corrected chi connectivity index (χ3v) is 4.06. The van der Waals surface area contributed by atoms with Crippen molar-refractivity contribution in [2.75, 3.05) is 26.0 Å². The highest BCUT2D eigenvalue weighted by Gasteiger charge is 2.26. The van der Waals surface area contributed by atoms with Gasteiger partial charge in [0.2, 0.25) is 10.0 Å². The summed E-state index contributed by atoms with van der Waals surface area (Å²) < 4.78 is 29.4. The summed E-state index contributed by atoms with van der Waals surface area (Å²) in [5, 5.41) is 8.37. The molecule has 1 fully saturated rings. The van der Waals surface area contributed by atoms with Crippen molar-refractivity contribution in [3.05, 3.63) is 0 Å². The van der Waals surface area contributed by atoms with Crippen LogP contribution in [0.25, 0.3) is 0 Å². The van der Waals surface area contributed by atoms with E-state index in [1.54, 1.807) is 6.07 Å². The summed E-state index contributed by atoms with van der Waals surface area (Å²) in [4.78, 5) is 0. The topological polar surface area (TPSA) is 70.4 Å². The van der Waals surface area contributed by atoms with Gasteiger partial charge in [0, 0.05) is 13.7 Å². The van der Waals surface area contributed by atoms with Crippen LogP contribution in [0.3, 0.4) is 0 Å². The number of rotatable bonds is 4. The quantitative estimate of drug-likeness (QED) is 0.620. The van der Waals surface area contributed by atoms with Gasteiger partial charge in [0.05, 0.1) is 17.9 Å². The molecule has 0 aliphatic carbocycles. The fourth-order valence-corrected chi connectivity index (χ4v) is 2.58. The molecule has 0 aromatic rings. The molecule has 1 unspecified atom stereocenters. The fraction of sp³-hybridized carbons (Fsp3) is 0.875. The molecule has 1 atom stereocenters. The number of ether oxygens (including phenoxy) is 1. The minimum atomic E-state index is -3.32. The number of hydrogen-bond donors (Lipinski definition) is 0. The monoisotopic (exact) mass is 218 g/mol. The highest BCUT2D eigenvalue weighted by molar-refractivity contribution is 7.89. The molecular weight excluding hydrogens is 204 g/mol. The molecule has 0 bridgehead atoms. The van der Waals surface area contributed by atoms with E-state index in [-0.39, 0.29) is 18.4 Å². The Morgan fingerprint density at radius 3 is 2.86 bits per heavy atom. The Balaban J connectivity index is 2.52. The van der Waals surface area contributed by atoms with Gasteiger partial charge < -0.3 is 4.74 Å². The summed E-state index contributed by atoms with van der Waals surface area (Å²) in [5.41, 5.74) is 0. The van der Waals surface area contributed by atoms with E-state index in [9.17, 15) is 8.42 Å². The normalized spacial score (nSPS) is 22.5. The molecule has 80 valence electrons. The van der Waals surface area contributed by atoms with E-state index >= 15 is 0 Å². The van der Waals surface area contributed by atoms with Crippen LogP contribution in [0.1, 0.15) is 12.8 Å². The van der Waals surface area contributed by atoms with Gasteiger partial charge in [-0.1, -0.05) is 0 Å². The SMILES string of the molecule is CN(CC#N)S(=O)(=O)CC1CCCO1. The van der Waals surface area contributed by atoms with Gasteiger partial charge in [0.1, 0.15) is 6.54 Å². The lowest BCUT2D eigenvalue weighted by atomic mass is 10.3. The van der Waals surface area contributed by atoms with Gasteiger partial charge in [0.25, 0.3) is 0 Å². The molecule has 1 heterocycles. The van der Waals surface area contributed by atoms with E-state index in [2.05, 4.69) is 0 Å². The fourth-order valence-electron chi connectivity index (χ4n) is 1.34. The van der Waals surface area contributed by atoms with E-state index in [4.69, 9.17) is 10.00 Å². The molecule has 0 amide bonds. The predicted molar refractivity (Wildman–Crippen MR) is 51.0 cm³/mol. The molecule has 1 rings (SSSR count). The zero-order valence-electron chi connectivity index (χ0n) is 8.14. The Morgan fingerprint density at radius 1 is 1.64 bits per heavy atom. The van der Waals surface area contributed by atoms with Crippen LogP contribution in [0.4, 0.5) is 0 Å². The van der Waals surface area contributed by atoms with Crippen LogP contribution >= 0.6 is 0 Å². The summed E-state index contributed by atoms with van der Waals surface area (Å²) >= 11 is 0. The molecule has 6 heteroatoms. The van der Waals surface area contributed by atoms with Gasteiger partial charge in [-0.05, 0) is 12.8 Å². The number of hydrogen-bond acceptors (Lipinski definition) is 4. The second-order valence-electron chi connectivity index (χ2n) is 3.33. The Bertz CT molecular complexity index is 314. The van der Waals surface area contributed by atoms with Gasteiger partial charge in [-0.15, -0.1) is 0 Å². The van der Waals surface area contributed by atoms with Crippen LogP contribution in [-0.2, 0) is 14.8 Å². The summed E-state index contributed by atoms with van der Waals surface area (Å²) in [6.07, 6.45) is 1.52. The molecule has 1 saturated heterocycles. The van der Waals surface area contributed by atoms with Crippen molar-refractivity contribution in [3.63, 3.8) is 0 Å². The molecule has 0 saturated carbocycles. The first-order chi connectivity index (χ1) is 6.56. The van der Waals surface area contributed by atoms with Gasteiger partial charge in [-0.3, -0.25) is 0 Å². The zero-order valence-corrected chi connectivity index (χ0v) is 8.96. The molecule has 0 radical (unpaired) electrons. The average Bonchev–Trinajstić information content (AvgIpc) is 2.56. The van der Waals surface area contributed by atoms with Gasteiger partial charge in [-0.2, -0.15) is 9.57 Å². The maximum absolute atomic E-state index is 11.6. The van der Waals surface area contributed by atoms with Crippen LogP contribution in [0, 0.1) is 11.3 Å². The number of nitriles is 1. The van der Waals surface area contributed by atoms with Crippen molar-refractivity contribution >= 4 is 10.0 Å². The zero-order chi connectivity index (χ0) is 10.6. The molecule has 0 N–H and O–H groups in total. The van der Waals surface area contributed by atoms with Crippen LogP contribution < -0.4 is 0 Å². The number of nitrogens with zero attached hydrogens (tertiary/aromatic N) is 2. The van der Waals surface area contributed by atoms with Crippen LogP contribution in [0.15, 0.2) is 0 Å². The van der Waals surface area contributed by atoms with Crippen molar-refractivity contribution in [2.24, 2.45) is 0 Å². The summed E-state index contributed by atoms with van der Waals surface area (Å²) in [5.74, 6) is -0.00875. The second-order valence-corrected chi connectivity index (χ2v) is 5.45.